The summed E-state index contributed by atoms with van der Waals surface area (Å²) >= 11 is 0. The fraction of sp³-hybridized carbons (Fsp3) is 0.500. The summed E-state index contributed by atoms with van der Waals surface area (Å²) in [7, 11) is -3.85. The number of rotatable bonds is 3. The molecule has 0 aliphatic carbocycles. The molecule has 0 bridgehead atoms. The van der Waals surface area contributed by atoms with Gasteiger partial charge in [-0.15, -0.1) is 12.4 Å². The lowest BCUT2D eigenvalue weighted by molar-refractivity contribution is 0.0872. The third kappa shape index (κ3) is 3.38. The molecule has 1 aromatic carbocycles. The maximum Gasteiger partial charge on any atom is 0.268 e. The molecule has 7 nitrogen and oxygen atoms in total. The van der Waals surface area contributed by atoms with Crippen LogP contribution in [0.1, 0.15) is 41.0 Å². The normalized spacial score (nSPS) is 24.4. The highest BCUT2D eigenvalue weighted by Crippen LogP contribution is 2.30. The van der Waals surface area contributed by atoms with E-state index in [-0.39, 0.29) is 46.9 Å². The van der Waals surface area contributed by atoms with Crippen LogP contribution in [0.25, 0.3) is 0 Å². The van der Waals surface area contributed by atoms with Gasteiger partial charge < -0.3 is 10.6 Å². The van der Waals surface area contributed by atoms with Crippen LogP contribution < -0.4 is 10.6 Å². The van der Waals surface area contributed by atoms with Crippen LogP contribution in [0.3, 0.4) is 0 Å². The fourth-order valence-electron chi connectivity index (χ4n) is 3.16. The van der Waals surface area contributed by atoms with Gasteiger partial charge in [-0.2, -0.15) is 0 Å². The number of piperidine rings is 1. The van der Waals surface area contributed by atoms with Crippen molar-refractivity contribution >= 4 is 34.2 Å². The number of amides is 2. The van der Waals surface area contributed by atoms with Crippen LogP contribution in [-0.2, 0) is 10.0 Å². The van der Waals surface area contributed by atoms with Gasteiger partial charge in [-0.05, 0) is 44.0 Å². The van der Waals surface area contributed by atoms with Gasteiger partial charge in [0.15, 0.2) is 0 Å². The molecule has 2 unspecified atom stereocenters. The molecular formula is C16H22ClN3O4S. The van der Waals surface area contributed by atoms with Crippen LogP contribution in [0.5, 0.6) is 0 Å². The van der Waals surface area contributed by atoms with E-state index >= 15 is 0 Å². The topological polar surface area (TPSA) is 95.6 Å². The molecule has 0 spiro atoms. The van der Waals surface area contributed by atoms with Crippen molar-refractivity contribution in [3.8, 4) is 0 Å². The summed E-state index contributed by atoms with van der Waals surface area (Å²) in [5.41, 5.74) is 0.377. The molecule has 2 N–H and O–H groups in total. The average Bonchev–Trinajstić information content (AvgIpc) is 2.75. The van der Waals surface area contributed by atoms with Crippen molar-refractivity contribution in [2.24, 2.45) is 5.92 Å². The van der Waals surface area contributed by atoms with Crippen molar-refractivity contribution < 1.29 is 18.0 Å². The molecule has 0 saturated carbocycles. The highest BCUT2D eigenvalue weighted by Gasteiger charge is 2.40. The number of halogens is 1. The van der Waals surface area contributed by atoms with E-state index in [0.717, 1.165) is 17.3 Å². The molecule has 1 saturated heterocycles. The first-order chi connectivity index (χ1) is 11.4. The monoisotopic (exact) mass is 387 g/mol. The highest BCUT2D eigenvalue weighted by atomic mass is 35.5. The number of fused-ring (bicyclic) bond motifs is 1. The van der Waals surface area contributed by atoms with Gasteiger partial charge in [-0.1, -0.05) is 6.92 Å². The van der Waals surface area contributed by atoms with Crippen molar-refractivity contribution in [1.82, 2.24) is 14.9 Å². The maximum atomic E-state index is 12.5. The predicted octanol–water partition coefficient (Wildman–Crippen LogP) is 1.00. The Hall–Kier alpha value is -1.64. The number of nitrogens with zero attached hydrogens (tertiary/aromatic N) is 1. The van der Waals surface area contributed by atoms with Gasteiger partial charge >= 0.3 is 0 Å². The smallest absolute Gasteiger partial charge is 0.268 e. The number of hydrogen-bond donors (Lipinski definition) is 2. The average molecular weight is 388 g/mol. The van der Waals surface area contributed by atoms with Gasteiger partial charge in [-0.25, -0.2) is 12.7 Å². The Labute approximate surface area is 153 Å². The zero-order valence-electron chi connectivity index (χ0n) is 14.1. The first-order valence-electron chi connectivity index (χ1n) is 8.09. The number of sulfonamides is 1. The summed E-state index contributed by atoms with van der Waals surface area (Å²) in [6.45, 7) is 5.38. The Morgan fingerprint density at radius 3 is 2.76 bits per heavy atom. The molecule has 3 rings (SSSR count). The molecule has 9 heteroatoms. The molecule has 25 heavy (non-hydrogen) atoms. The van der Waals surface area contributed by atoms with Crippen LogP contribution in [0.2, 0.25) is 0 Å². The maximum absolute atomic E-state index is 12.5. The zero-order chi connectivity index (χ0) is 17.5. The lowest BCUT2D eigenvalue weighted by atomic mass is 9.94. The van der Waals surface area contributed by atoms with Gasteiger partial charge in [0, 0.05) is 24.7 Å². The van der Waals surface area contributed by atoms with E-state index < -0.39 is 15.9 Å². The number of carbonyl (C=O) groups excluding carboxylic acids is 2. The van der Waals surface area contributed by atoms with E-state index in [9.17, 15) is 18.0 Å². The van der Waals surface area contributed by atoms with Crippen LogP contribution in [0, 0.1) is 5.92 Å². The first-order valence-corrected chi connectivity index (χ1v) is 9.53. The Morgan fingerprint density at radius 1 is 1.40 bits per heavy atom. The molecule has 138 valence electrons. The third-order valence-electron chi connectivity index (χ3n) is 4.70. The van der Waals surface area contributed by atoms with Crippen molar-refractivity contribution in [3.63, 3.8) is 0 Å². The van der Waals surface area contributed by atoms with Crippen LogP contribution in [0.15, 0.2) is 23.1 Å². The largest absolute Gasteiger partial charge is 0.348 e. The Balaban J connectivity index is 0.00000225. The minimum atomic E-state index is -3.85. The van der Waals surface area contributed by atoms with E-state index in [4.69, 9.17) is 0 Å². The second-order valence-electron chi connectivity index (χ2n) is 6.24. The third-order valence-corrected chi connectivity index (χ3v) is 6.60. The number of hydrogen-bond acceptors (Lipinski definition) is 5. The van der Waals surface area contributed by atoms with Gasteiger partial charge in [0.1, 0.15) is 4.90 Å². The zero-order valence-corrected chi connectivity index (χ0v) is 15.7. The number of nitrogens with one attached hydrogen (secondary N) is 2. The molecule has 2 heterocycles. The molecule has 2 atom stereocenters. The van der Waals surface area contributed by atoms with E-state index in [0.29, 0.717) is 12.5 Å². The molecular weight excluding hydrogens is 366 g/mol. The summed E-state index contributed by atoms with van der Waals surface area (Å²) in [6.07, 6.45) is 0.976. The SMILES string of the molecule is CCN1C(=O)c2ccc(C(=O)NC3CNCCC3C)cc2S1(=O)=O.Cl. The summed E-state index contributed by atoms with van der Waals surface area (Å²) in [6, 6.07) is 4.23. The predicted molar refractivity (Wildman–Crippen MR) is 95.5 cm³/mol. The van der Waals surface area contributed by atoms with Crippen LogP contribution in [-0.4, -0.2) is 50.2 Å². The Kier molecular flexibility index (Phi) is 5.75. The van der Waals surface area contributed by atoms with E-state index in [2.05, 4.69) is 17.6 Å². The summed E-state index contributed by atoms with van der Waals surface area (Å²) in [5.74, 6) is -0.508. The molecule has 2 aliphatic rings. The van der Waals surface area contributed by atoms with E-state index in [1.165, 1.54) is 18.2 Å². The Bertz CT molecular complexity index is 797. The van der Waals surface area contributed by atoms with Crippen molar-refractivity contribution in [2.45, 2.75) is 31.2 Å². The molecule has 2 amide bonds. The van der Waals surface area contributed by atoms with Crippen LogP contribution >= 0.6 is 12.4 Å². The molecule has 1 fully saturated rings. The highest BCUT2D eigenvalue weighted by molar-refractivity contribution is 7.90. The molecule has 0 radical (unpaired) electrons. The number of benzene rings is 1. The van der Waals surface area contributed by atoms with Crippen molar-refractivity contribution in [3.05, 3.63) is 29.3 Å². The lowest BCUT2D eigenvalue weighted by Crippen LogP contribution is -2.50. The first kappa shape index (κ1) is 19.7. The van der Waals surface area contributed by atoms with Gasteiger partial charge in [0.2, 0.25) is 0 Å². The second kappa shape index (κ2) is 7.31. The fourth-order valence-corrected chi connectivity index (χ4v) is 4.77. The Morgan fingerprint density at radius 2 is 2.12 bits per heavy atom. The standard InChI is InChI=1S/C16H21N3O4S.ClH/c1-3-19-16(21)12-5-4-11(8-14(12)24(19,22)23)15(20)18-13-9-17-7-6-10(13)2;/h4-5,8,10,13,17H,3,6-7,9H2,1-2H3,(H,18,20);1H. The minimum absolute atomic E-state index is 0. The van der Waals surface area contributed by atoms with Crippen molar-refractivity contribution in [2.75, 3.05) is 19.6 Å². The van der Waals surface area contributed by atoms with Crippen molar-refractivity contribution in [1.29, 1.82) is 0 Å². The second-order valence-corrected chi connectivity index (χ2v) is 8.07. The van der Waals surface area contributed by atoms with Crippen LogP contribution in [0.4, 0.5) is 0 Å². The quantitative estimate of drug-likeness (QED) is 0.806. The lowest BCUT2D eigenvalue weighted by Gasteiger charge is -2.30. The van der Waals surface area contributed by atoms with Gasteiger partial charge in [0.05, 0.1) is 5.56 Å². The summed E-state index contributed by atoms with van der Waals surface area (Å²) in [4.78, 5) is 24.5. The molecule has 2 aliphatic heterocycles. The van der Waals surface area contributed by atoms with Gasteiger partial charge in [0.25, 0.3) is 21.8 Å². The summed E-state index contributed by atoms with van der Waals surface area (Å²) < 4.78 is 25.6. The van der Waals surface area contributed by atoms with Gasteiger partial charge in [-0.3, -0.25) is 9.59 Å². The summed E-state index contributed by atoms with van der Waals surface area (Å²) in [5, 5.41) is 6.18. The van der Waals surface area contributed by atoms with E-state index in [1.54, 1.807) is 6.92 Å². The molecule has 1 aromatic rings. The van der Waals surface area contributed by atoms with E-state index in [1.807, 2.05) is 0 Å². The molecule has 0 aromatic heterocycles. The minimum Gasteiger partial charge on any atom is -0.348 e. The number of carbonyl (C=O) groups is 2.